The molecule has 0 aliphatic rings. The molecule has 0 aliphatic carbocycles. The smallest absolute Gasteiger partial charge is 0.128 e. The Labute approximate surface area is 120 Å². The van der Waals surface area contributed by atoms with E-state index < -0.39 is 0 Å². The number of ether oxygens (including phenoxy) is 1. The largest absolute Gasteiger partial charge is 0.493 e. The summed E-state index contributed by atoms with van der Waals surface area (Å²) in [5.74, 6) is 0.793. The molecule has 0 atom stereocenters. The first-order valence-electron chi connectivity index (χ1n) is 6.98. The summed E-state index contributed by atoms with van der Waals surface area (Å²) in [6, 6.07) is 16.1. The van der Waals surface area contributed by atoms with E-state index in [1.165, 1.54) is 5.56 Å². The van der Waals surface area contributed by atoms with Gasteiger partial charge in [0.25, 0.3) is 0 Å². The van der Waals surface area contributed by atoms with Gasteiger partial charge in [0.05, 0.1) is 18.2 Å². The van der Waals surface area contributed by atoms with Gasteiger partial charge in [-0.1, -0.05) is 43.2 Å². The van der Waals surface area contributed by atoms with Crippen LogP contribution >= 0.6 is 0 Å². The van der Waals surface area contributed by atoms with Crippen LogP contribution in [-0.4, -0.2) is 6.61 Å². The van der Waals surface area contributed by atoms with Gasteiger partial charge in [0.15, 0.2) is 0 Å². The minimum Gasteiger partial charge on any atom is -0.493 e. The topological polar surface area (TPSA) is 33.0 Å². The Kier molecular flexibility index (Phi) is 4.79. The number of rotatable bonds is 5. The van der Waals surface area contributed by atoms with E-state index in [4.69, 9.17) is 10.00 Å². The minimum atomic E-state index is 0.632. The van der Waals surface area contributed by atoms with Gasteiger partial charge in [-0.25, -0.2) is 0 Å². The summed E-state index contributed by atoms with van der Waals surface area (Å²) >= 11 is 0. The standard InChI is InChI=1S/C18H19NO/c1-3-4-11-20-18-12-15(13-19)7-10-17(18)16-8-5-14(2)6-9-16/h5-10,12H,3-4,11H2,1-2H3. The van der Waals surface area contributed by atoms with Crippen LogP contribution in [0, 0.1) is 18.3 Å². The molecule has 0 heterocycles. The van der Waals surface area contributed by atoms with Crippen molar-refractivity contribution in [1.29, 1.82) is 5.26 Å². The summed E-state index contributed by atoms with van der Waals surface area (Å²) in [5, 5.41) is 9.03. The van der Waals surface area contributed by atoms with Crippen molar-refractivity contribution in [2.75, 3.05) is 6.61 Å². The lowest BCUT2D eigenvalue weighted by Crippen LogP contribution is -1.98. The van der Waals surface area contributed by atoms with Crippen molar-refractivity contribution >= 4 is 0 Å². The third kappa shape index (κ3) is 3.39. The molecule has 0 aromatic heterocycles. The summed E-state index contributed by atoms with van der Waals surface area (Å²) in [5.41, 5.74) is 4.02. The molecule has 0 saturated carbocycles. The molecule has 2 rings (SSSR count). The van der Waals surface area contributed by atoms with Gasteiger partial charge in [0, 0.05) is 5.56 Å². The highest BCUT2D eigenvalue weighted by Gasteiger charge is 2.07. The Morgan fingerprint density at radius 2 is 1.85 bits per heavy atom. The molecule has 20 heavy (non-hydrogen) atoms. The van der Waals surface area contributed by atoms with Crippen LogP contribution in [0.4, 0.5) is 0 Å². The van der Waals surface area contributed by atoms with Crippen LogP contribution in [0.2, 0.25) is 0 Å². The fourth-order valence-electron chi connectivity index (χ4n) is 2.01. The molecule has 2 aromatic carbocycles. The third-order valence-corrected chi connectivity index (χ3v) is 3.23. The number of hydrogen-bond donors (Lipinski definition) is 0. The summed E-state index contributed by atoms with van der Waals surface area (Å²) in [4.78, 5) is 0. The van der Waals surface area contributed by atoms with E-state index >= 15 is 0 Å². The molecule has 2 nitrogen and oxygen atoms in total. The lowest BCUT2D eigenvalue weighted by molar-refractivity contribution is 0.310. The second kappa shape index (κ2) is 6.77. The molecule has 102 valence electrons. The molecule has 0 N–H and O–H groups in total. The van der Waals surface area contributed by atoms with Crippen LogP contribution in [0.25, 0.3) is 11.1 Å². The molecule has 0 fully saturated rings. The highest BCUT2D eigenvalue weighted by atomic mass is 16.5. The maximum absolute atomic E-state index is 9.03. The van der Waals surface area contributed by atoms with E-state index in [1.807, 2.05) is 18.2 Å². The number of nitrogens with zero attached hydrogens (tertiary/aromatic N) is 1. The lowest BCUT2D eigenvalue weighted by Gasteiger charge is -2.12. The summed E-state index contributed by atoms with van der Waals surface area (Å²) < 4.78 is 5.85. The van der Waals surface area contributed by atoms with Crippen LogP contribution in [-0.2, 0) is 0 Å². The second-order valence-corrected chi connectivity index (χ2v) is 4.89. The molecule has 2 aromatic rings. The Morgan fingerprint density at radius 3 is 2.50 bits per heavy atom. The Hall–Kier alpha value is -2.27. The van der Waals surface area contributed by atoms with Gasteiger partial charge in [-0.3, -0.25) is 0 Å². The van der Waals surface area contributed by atoms with Crippen LogP contribution < -0.4 is 4.74 Å². The molecular formula is C18H19NO. The predicted octanol–water partition coefficient (Wildman–Crippen LogP) is 4.71. The Balaban J connectivity index is 2.35. The van der Waals surface area contributed by atoms with Crippen LogP contribution in [0.5, 0.6) is 5.75 Å². The number of benzene rings is 2. The van der Waals surface area contributed by atoms with Gasteiger partial charge in [0.2, 0.25) is 0 Å². The molecule has 0 saturated heterocycles. The summed E-state index contributed by atoms with van der Waals surface area (Å²) in [6.07, 6.45) is 2.11. The zero-order valence-electron chi connectivity index (χ0n) is 12.0. The van der Waals surface area contributed by atoms with Crippen LogP contribution in [0.15, 0.2) is 42.5 Å². The monoisotopic (exact) mass is 265 g/mol. The lowest BCUT2D eigenvalue weighted by atomic mass is 10.0. The Bertz CT molecular complexity index is 608. The van der Waals surface area contributed by atoms with E-state index in [1.54, 1.807) is 0 Å². The van der Waals surface area contributed by atoms with Gasteiger partial charge in [-0.2, -0.15) is 5.26 Å². The fourth-order valence-corrected chi connectivity index (χ4v) is 2.01. The highest BCUT2D eigenvalue weighted by molar-refractivity contribution is 5.71. The van der Waals surface area contributed by atoms with E-state index in [-0.39, 0.29) is 0 Å². The Morgan fingerprint density at radius 1 is 1.10 bits per heavy atom. The molecule has 0 amide bonds. The third-order valence-electron chi connectivity index (χ3n) is 3.23. The number of aryl methyl sites for hydroxylation is 1. The molecular weight excluding hydrogens is 246 g/mol. The van der Waals surface area contributed by atoms with Gasteiger partial charge in [0.1, 0.15) is 5.75 Å². The molecule has 0 aliphatic heterocycles. The van der Waals surface area contributed by atoms with Crippen molar-refractivity contribution in [3.8, 4) is 22.9 Å². The van der Waals surface area contributed by atoms with Crippen LogP contribution in [0.3, 0.4) is 0 Å². The van der Waals surface area contributed by atoms with E-state index in [0.29, 0.717) is 12.2 Å². The molecule has 0 radical (unpaired) electrons. The molecule has 0 spiro atoms. The first-order chi connectivity index (χ1) is 9.74. The zero-order chi connectivity index (χ0) is 14.4. The maximum Gasteiger partial charge on any atom is 0.128 e. The van der Waals surface area contributed by atoms with Crippen molar-refractivity contribution in [3.05, 3.63) is 53.6 Å². The molecule has 2 heteroatoms. The van der Waals surface area contributed by atoms with E-state index in [9.17, 15) is 0 Å². The maximum atomic E-state index is 9.03. The average molecular weight is 265 g/mol. The van der Waals surface area contributed by atoms with Gasteiger partial charge in [-0.05, 0) is 37.1 Å². The number of hydrogen-bond acceptors (Lipinski definition) is 2. The SMILES string of the molecule is CCCCOc1cc(C#N)ccc1-c1ccc(C)cc1. The summed E-state index contributed by atoms with van der Waals surface area (Å²) in [6.45, 7) is 4.89. The van der Waals surface area contributed by atoms with Crippen molar-refractivity contribution in [2.45, 2.75) is 26.7 Å². The van der Waals surface area contributed by atoms with Gasteiger partial charge < -0.3 is 4.74 Å². The predicted molar refractivity (Wildman–Crippen MR) is 81.7 cm³/mol. The van der Waals surface area contributed by atoms with Crippen LogP contribution in [0.1, 0.15) is 30.9 Å². The minimum absolute atomic E-state index is 0.632. The quantitative estimate of drug-likeness (QED) is 0.733. The van der Waals surface area contributed by atoms with Gasteiger partial charge in [-0.15, -0.1) is 0 Å². The highest BCUT2D eigenvalue weighted by Crippen LogP contribution is 2.31. The first-order valence-corrected chi connectivity index (χ1v) is 6.98. The molecule has 0 unspecified atom stereocenters. The van der Waals surface area contributed by atoms with Gasteiger partial charge >= 0.3 is 0 Å². The summed E-state index contributed by atoms with van der Waals surface area (Å²) in [7, 11) is 0. The molecule has 0 bridgehead atoms. The second-order valence-electron chi connectivity index (χ2n) is 4.89. The van der Waals surface area contributed by atoms with E-state index in [2.05, 4.69) is 44.2 Å². The number of unbranched alkanes of at least 4 members (excludes halogenated alkanes) is 1. The van der Waals surface area contributed by atoms with E-state index in [0.717, 1.165) is 29.7 Å². The zero-order valence-corrected chi connectivity index (χ0v) is 12.0. The average Bonchev–Trinajstić information content (AvgIpc) is 2.48. The fraction of sp³-hybridized carbons (Fsp3) is 0.278. The van der Waals surface area contributed by atoms with Crippen molar-refractivity contribution < 1.29 is 4.74 Å². The number of nitriles is 1. The first kappa shape index (κ1) is 14.1. The van der Waals surface area contributed by atoms with Crippen molar-refractivity contribution in [3.63, 3.8) is 0 Å². The van der Waals surface area contributed by atoms with Crippen molar-refractivity contribution in [1.82, 2.24) is 0 Å². The van der Waals surface area contributed by atoms with Crippen molar-refractivity contribution in [2.24, 2.45) is 0 Å². The normalized spacial score (nSPS) is 10.1.